The van der Waals surface area contributed by atoms with Gasteiger partial charge in [0.2, 0.25) is 5.91 Å². The van der Waals surface area contributed by atoms with Crippen molar-refractivity contribution in [1.29, 1.82) is 0 Å². The molecule has 2 aliphatic rings. The zero-order valence-electron chi connectivity index (χ0n) is 23.8. The van der Waals surface area contributed by atoms with Crippen LogP contribution in [0.1, 0.15) is 42.0 Å². The highest BCUT2D eigenvalue weighted by Crippen LogP contribution is 2.28. The number of amides is 3. The predicted molar refractivity (Wildman–Crippen MR) is 160 cm³/mol. The number of hydrogen-bond donors (Lipinski definition) is 3. The molecule has 222 valence electrons. The summed E-state index contributed by atoms with van der Waals surface area (Å²) in [5.41, 5.74) is 8.10. The number of hydrogen-bond acceptors (Lipinski definition) is 7. The monoisotopic (exact) mass is 573 g/mol. The van der Waals surface area contributed by atoms with Gasteiger partial charge in [-0.2, -0.15) is 0 Å². The number of nitrogens with two attached hydrogens (primary N) is 1. The first-order valence-electron chi connectivity index (χ1n) is 14.7. The third-order valence-electron chi connectivity index (χ3n) is 8.03. The average molecular weight is 574 g/mol. The highest BCUT2D eigenvalue weighted by atomic mass is 16.6. The van der Waals surface area contributed by atoms with Crippen LogP contribution in [0.15, 0.2) is 71.1 Å². The Morgan fingerprint density at radius 3 is 2.29 bits per heavy atom. The van der Waals surface area contributed by atoms with Gasteiger partial charge < -0.3 is 25.1 Å². The third-order valence-corrected chi connectivity index (χ3v) is 8.03. The van der Waals surface area contributed by atoms with Crippen LogP contribution in [-0.4, -0.2) is 73.1 Å². The second kappa shape index (κ2) is 14.2. The lowest BCUT2D eigenvalue weighted by Gasteiger charge is -2.31. The molecule has 10 nitrogen and oxygen atoms in total. The second-order valence-electron chi connectivity index (χ2n) is 11.0. The largest absolute Gasteiger partial charge is 0.455 e. The number of anilines is 1. The Morgan fingerprint density at radius 1 is 0.857 bits per heavy atom. The molecule has 2 aromatic carbocycles. The van der Waals surface area contributed by atoms with E-state index in [1.807, 2.05) is 60.7 Å². The van der Waals surface area contributed by atoms with Crippen LogP contribution in [0.25, 0.3) is 11.1 Å². The van der Waals surface area contributed by atoms with Crippen LogP contribution in [0.3, 0.4) is 0 Å². The van der Waals surface area contributed by atoms with Gasteiger partial charge in [0.25, 0.3) is 5.91 Å². The minimum Gasteiger partial charge on any atom is -0.455 e. The first-order valence-corrected chi connectivity index (χ1v) is 14.7. The summed E-state index contributed by atoms with van der Waals surface area (Å²) in [5.74, 6) is 0.509. The van der Waals surface area contributed by atoms with Gasteiger partial charge in [0.15, 0.2) is 5.76 Å². The lowest BCUT2D eigenvalue weighted by Crippen LogP contribution is -2.42. The van der Waals surface area contributed by atoms with Gasteiger partial charge in [-0.05, 0) is 62.5 Å². The second-order valence-corrected chi connectivity index (χ2v) is 11.0. The molecule has 3 amide bonds. The van der Waals surface area contributed by atoms with Crippen molar-refractivity contribution in [1.82, 2.24) is 15.1 Å². The van der Waals surface area contributed by atoms with Gasteiger partial charge in [0.05, 0.1) is 12.2 Å². The van der Waals surface area contributed by atoms with E-state index in [9.17, 15) is 14.4 Å². The molecule has 1 aromatic heterocycles. The van der Waals surface area contributed by atoms with Gasteiger partial charge in [-0.15, -0.1) is 0 Å². The minimum absolute atomic E-state index is 0.0506. The highest BCUT2D eigenvalue weighted by molar-refractivity contribution is 5.92. The van der Waals surface area contributed by atoms with Gasteiger partial charge in [0, 0.05) is 37.7 Å². The van der Waals surface area contributed by atoms with E-state index >= 15 is 0 Å². The number of furan rings is 1. The van der Waals surface area contributed by atoms with Crippen LogP contribution in [0.5, 0.6) is 0 Å². The van der Waals surface area contributed by atoms with Crippen molar-refractivity contribution in [3.05, 3.63) is 78.3 Å². The van der Waals surface area contributed by atoms with Crippen molar-refractivity contribution in [3.8, 4) is 11.1 Å². The summed E-state index contributed by atoms with van der Waals surface area (Å²) in [7, 11) is 0. The van der Waals surface area contributed by atoms with Crippen LogP contribution >= 0.6 is 0 Å². The van der Waals surface area contributed by atoms with E-state index in [4.69, 9.17) is 14.9 Å². The highest BCUT2D eigenvalue weighted by Gasteiger charge is 2.25. The molecular formula is C32H39N5O5. The number of piperidine rings is 2. The Labute approximate surface area is 246 Å². The number of benzene rings is 2. The van der Waals surface area contributed by atoms with Crippen LogP contribution in [0, 0.1) is 5.92 Å². The first kappa shape index (κ1) is 29.3. The molecule has 3 aromatic rings. The molecule has 0 bridgehead atoms. The Balaban J connectivity index is 0.989. The molecular weight excluding hydrogens is 534 g/mol. The van der Waals surface area contributed by atoms with Gasteiger partial charge >= 0.3 is 6.09 Å². The van der Waals surface area contributed by atoms with E-state index in [1.165, 1.54) is 0 Å². The number of likely N-dealkylation sites (tertiary alicyclic amines) is 2. The molecule has 0 atom stereocenters. The molecule has 0 unspecified atom stereocenters. The molecule has 0 radical (unpaired) electrons. The minimum atomic E-state index is -0.447. The number of nitrogens with one attached hydrogen (secondary N) is 2. The number of carbonyl (C=O) groups excluding carboxylic acids is 3. The van der Waals surface area contributed by atoms with Gasteiger partial charge in [-0.1, -0.05) is 48.5 Å². The SMILES string of the molecule is NC(=O)C1CCN(Cc2ccc(C(=O)NCCN3CCC(OC(=O)Nc4ccccc4-c4ccccc4)CC3)o2)CC1. The van der Waals surface area contributed by atoms with Crippen molar-refractivity contribution in [2.24, 2.45) is 11.7 Å². The topological polar surface area (TPSA) is 130 Å². The molecule has 0 aliphatic carbocycles. The Morgan fingerprint density at radius 2 is 1.55 bits per heavy atom. The molecule has 10 heteroatoms. The zero-order chi connectivity index (χ0) is 29.3. The summed E-state index contributed by atoms with van der Waals surface area (Å²) >= 11 is 0. The molecule has 3 heterocycles. The Hall–Kier alpha value is -4.15. The number of rotatable bonds is 10. The fourth-order valence-corrected chi connectivity index (χ4v) is 5.60. The quantitative estimate of drug-likeness (QED) is 0.333. The van der Waals surface area contributed by atoms with E-state index in [0.29, 0.717) is 25.4 Å². The van der Waals surface area contributed by atoms with E-state index in [-0.39, 0.29) is 23.8 Å². The maximum Gasteiger partial charge on any atom is 0.411 e. The summed E-state index contributed by atoms with van der Waals surface area (Å²) in [5, 5.41) is 5.85. The maximum absolute atomic E-state index is 12.7. The van der Waals surface area contributed by atoms with Gasteiger partial charge in [-0.25, -0.2) is 4.79 Å². The lowest BCUT2D eigenvalue weighted by atomic mass is 9.96. The molecule has 2 saturated heterocycles. The van der Waals surface area contributed by atoms with Gasteiger partial charge in [-0.3, -0.25) is 19.8 Å². The normalized spacial score (nSPS) is 17.0. The van der Waals surface area contributed by atoms with Crippen molar-refractivity contribution in [2.75, 3.05) is 44.6 Å². The number of carbonyl (C=O) groups is 3. The molecule has 42 heavy (non-hydrogen) atoms. The van der Waals surface area contributed by atoms with Crippen LogP contribution in [0.4, 0.5) is 10.5 Å². The fraction of sp³-hybridized carbons (Fsp3) is 0.406. The van der Waals surface area contributed by atoms with E-state index in [1.54, 1.807) is 6.07 Å². The standard InChI is InChI=1S/C32H39N5O5/c33-30(38)24-12-17-37(18-13-24)22-26-10-11-29(41-26)31(39)34-16-21-36-19-14-25(15-20-36)42-32(40)35-28-9-5-4-8-27(28)23-6-2-1-3-7-23/h1-11,24-25H,12-22H2,(H2,33,38)(H,34,39)(H,35,40). The van der Waals surface area contributed by atoms with Crippen LogP contribution in [0.2, 0.25) is 0 Å². The van der Waals surface area contributed by atoms with Crippen molar-refractivity contribution >= 4 is 23.6 Å². The summed E-state index contributed by atoms with van der Waals surface area (Å²) in [6.07, 6.45) is 2.38. The summed E-state index contributed by atoms with van der Waals surface area (Å²) in [4.78, 5) is 41.1. The molecule has 0 saturated carbocycles. The molecule has 5 rings (SSSR count). The van der Waals surface area contributed by atoms with Crippen LogP contribution < -0.4 is 16.4 Å². The van der Waals surface area contributed by atoms with Crippen molar-refractivity contribution in [3.63, 3.8) is 0 Å². The average Bonchev–Trinajstić information content (AvgIpc) is 3.47. The molecule has 2 fully saturated rings. The van der Waals surface area contributed by atoms with E-state index < -0.39 is 6.09 Å². The first-order chi connectivity index (χ1) is 20.4. The maximum atomic E-state index is 12.7. The van der Waals surface area contributed by atoms with Crippen molar-refractivity contribution in [2.45, 2.75) is 38.3 Å². The third kappa shape index (κ3) is 7.98. The predicted octanol–water partition coefficient (Wildman–Crippen LogP) is 4.09. The fourth-order valence-electron chi connectivity index (χ4n) is 5.60. The number of primary amides is 1. The number of nitrogens with zero attached hydrogens (tertiary/aromatic N) is 2. The zero-order valence-corrected chi connectivity index (χ0v) is 23.8. The summed E-state index contributed by atoms with van der Waals surface area (Å²) in [6, 6.07) is 21.1. The van der Waals surface area contributed by atoms with E-state index in [2.05, 4.69) is 20.4 Å². The summed E-state index contributed by atoms with van der Waals surface area (Å²) in [6.45, 7) is 4.94. The molecule has 4 N–H and O–H groups in total. The Kier molecular flexibility index (Phi) is 9.89. The van der Waals surface area contributed by atoms with Gasteiger partial charge in [0.1, 0.15) is 11.9 Å². The molecule has 2 aliphatic heterocycles. The summed E-state index contributed by atoms with van der Waals surface area (Å²) < 4.78 is 11.5. The van der Waals surface area contributed by atoms with Crippen LogP contribution in [-0.2, 0) is 16.1 Å². The Bertz CT molecular complexity index is 1340. The van der Waals surface area contributed by atoms with E-state index in [0.717, 1.165) is 74.4 Å². The number of ether oxygens (including phenoxy) is 1. The van der Waals surface area contributed by atoms with Crippen molar-refractivity contribution < 1.29 is 23.5 Å². The number of para-hydroxylation sites is 1. The lowest BCUT2D eigenvalue weighted by molar-refractivity contribution is -0.123. The molecule has 0 spiro atoms. The smallest absolute Gasteiger partial charge is 0.411 e.